The van der Waals surface area contributed by atoms with Crippen molar-refractivity contribution in [2.75, 3.05) is 11.0 Å². The molecule has 27 heavy (non-hydrogen) atoms. The molecule has 2 aromatic rings. The number of anilines is 1. The number of fused-ring (bicyclic) bond motifs is 1. The Morgan fingerprint density at radius 3 is 2.63 bits per heavy atom. The second kappa shape index (κ2) is 7.56. The Balaban J connectivity index is 1.75. The van der Waals surface area contributed by atoms with Gasteiger partial charge in [0.15, 0.2) is 6.10 Å². The molecule has 1 aliphatic rings. The van der Waals surface area contributed by atoms with E-state index in [2.05, 4.69) is 4.72 Å². The normalized spacial score (nSPS) is 14.4. The van der Waals surface area contributed by atoms with E-state index in [0.717, 1.165) is 31.6 Å². The number of halogens is 1. The van der Waals surface area contributed by atoms with Gasteiger partial charge in [0.25, 0.3) is 5.91 Å². The van der Waals surface area contributed by atoms with E-state index in [4.69, 9.17) is 10.5 Å². The standard InChI is InChI=1S/C19H21FN2O4S/c1-27(24,25)22-17-8-5-12(9-16(17)20)10-18(19(21)23)26-15-7-6-13-3-2-4-14(13)11-15/h5-9,11,18,22H,2-4,10H2,1H3,(H2,21,23). The molecule has 1 amide bonds. The van der Waals surface area contributed by atoms with E-state index in [1.807, 2.05) is 12.1 Å². The van der Waals surface area contributed by atoms with Crippen molar-refractivity contribution in [2.45, 2.75) is 31.8 Å². The predicted octanol–water partition coefficient (Wildman–Crippen LogP) is 2.16. The molecule has 144 valence electrons. The van der Waals surface area contributed by atoms with Gasteiger partial charge in [-0.1, -0.05) is 12.1 Å². The summed E-state index contributed by atoms with van der Waals surface area (Å²) in [5.74, 6) is -0.844. The molecule has 1 aliphatic carbocycles. The van der Waals surface area contributed by atoms with Crippen LogP contribution in [0.4, 0.5) is 10.1 Å². The molecule has 0 spiro atoms. The van der Waals surface area contributed by atoms with E-state index >= 15 is 0 Å². The smallest absolute Gasteiger partial charge is 0.258 e. The number of amides is 1. The summed E-state index contributed by atoms with van der Waals surface area (Å²) in [7, 11) is -3.58. The molecule has 6 nitrogen and oxygen atoms in total. The zero-order chi connectivity index (χ0) is 19.6. The highest BCUT2D eigenvalue weighted by atomic mass is 32.2. The van der Waals surface area contributed by atoms with E-state index < -0.39 is 27.9 Å². The summed E-state index contributed by atoms with van der Waals surface area (Å²) in [6.07, 6.45) is 3.18. The fraction of sp³-hybridized carbons (Fsp3) is 0.316. The summed E-state index contributed by atoms with van der Waals surface area (Å²) in [5.41, 5.74) is 8.25. The minimum atomic E-state index is -3.58. The average Bonchev–Trinajstić information content (AvgIpc) is 3.03. The lowest BCUT2D eigenvalue weighted by Gasteiger charge is -2.17. The lowest BCUT2D eigenvalue weighted by molar-refractivity contribution is -0.124. The van der Waals surface area contributed by atoms with E-state index in [1.165, 1.54) is 23.3 Å². The first-order valence-electron chi connectivity index (χ1n) is 8.55. The molecular formula is C19H21FN2O4S. The Morgan fingerprint density at radius 2 is 1.96 bits per heavy atom. The summed E-state index contributed by atoms with van der Waals surface area (Å²) in [6.45, 7) is 0. The van der Waals surface area contributed by atoms with Crippen LogP contribution in [0.5, 0.6) is 5.75 Å². The predicted molar refractivity (Wildman–Crippen MR) is 101 cm³/mol. The van der Waals surface area contributed by atoms with Gasteiger partial charge in [-0.2, -0.15) is 0 Å². The number of carbonyl (C=O) groups excluding carboxylic acids is 1. The van der Waals surface area contributed by atoms with Crippen LogP contribution in [0.1, 0.15) is 23.1 Å². The highest BCUT2D eigenvalue weighted by molar-refractivity contribution is 7.92. The highest BCUT2D eigenvalue weighted by Gasteiger charge is 2.20. The van der Waals surface area contributed by atoms with Gasteiger partial charge >= 0.3 is 0 Å². The van der Waals surface area contributed by atoms with Gasteiger partial charge in [0.2, 0.25) is 10.0 Å². The molecule has 0 saturated carbocycles. The molecule has 0 radical (unpaired) electrons. The van der Waals surface area contributed by atoms with Gasteiger partial charge in [-0.15, -0.1) is 0 Å². The fourth-order valence-electron chi connectivity index (χ4n) is 3.17. The summed E-state index contributed by atoms with van der Waals surface area (Å²) in [5, 5.41) is 0. The van der Waals surface area contributed by atoms with Crippen LogP contribution < -0.4 is 15.2 Å². The highest BCUT2D eigenvalue weighted by Crippen LogP contribution is 2.27. The van der Waals surface area contributed by atoms with E-state index in [9.17, 15) is 17.6 Å². The SMILES string of the molecule is CS(=O)(=O)Nc1ccc(CC(Oc2ccc3c(c2)CCC3)C(N)=O)cc1F. The van der Waals surface area contributed by atoms with Crippen LogP contribution in [-0.2, 0) is 34.1 Å². The van der Waals surface area contributed by atoms with Crippen molar-refractivity contribution in [3.05, 3.63) is 58.9 Å². The lowest BCUT2D eigenvalue weighted by Crippen LogP contribution is -2.35. The Hall–Kier alpha value is -2.61. The number of aryl methyl sites for hydroxylation is 2. The lowest BCUT2D eigenvalue weighted by atomic mass is 10.1. The summed E-state index contributed by atoms with van der Waals surface area (Å²) < 4.78 is 44.4. The third-order valence-electron chi connectivity index (χ3n) is 4.42. The van der Waals surface area contributed by atoms with Crippen LogP contribution in [0.3, 0.4) is 0 Å². The zero-order valence-electron chi connectivity index (χ0n) is 14.9. The molecule has 3 N–H and O–H groups in total. The molecular weight excluding hydrogens is 371 g/mol. The molecule has 0 aliphatic heterocycles. The number of hydrogen-bond acceptors (Lipinski definition) is 4. The Morgan fingerprint density at radius 1 is 1.22 bits per heavy atom. The molecule has 0 aromatic heterocycles. The number of carbonyl (C=O) groups is 1. The van der Waals surface area contributed by atoms with Crippen molar-refractivity contribution >= 4 is 21.6 Å². The third kappa shape index (κ3) is 4.97. The molecule has 0 saturated heterocycles. The molecule has 3 rings (SSSR count). The first kappa shape index (κ1) is 19.2. The van der Waals surface area contributed by atoms with E-state index in [0.29, 0.717) is 11.3 Å². The van der Waals surface area contributed by atoms with Gasteiger partial charge in [-0.3, -0.25) is 9.52 Å². The van der Waals surface area contributed by atoms with Gasteiger partial charge in [0, 0.05) is 6.42 Å². The monoisotopic (exact) mass is 392 g/mol. The van der Waals surface area contributed by atoms with Crippen LogP contribution in [0.25, 0.3) is 0 Å². The maximum absolute atomic E-state index is 14.1. The molecule has 2 aromatic carbocycles. The topological polar surface area (TPSA) is 98.5 Å². The van der Waals surface area contributed by atoms with Gasteiger partial charge in [-0.25, -0.2) is 12.8 Å². The van der Waals surface area contributed by atoms with Crippen molar-refractivity contribution in [1.29, 1.82) is 0 Å². The summed E-state index contributed by atoms with van der Waals surface area (Å²) in [4.78, 5) is 11.8. The number of rotatable bonds is 7. The molecule has 1 unspecified atom stereocenters. The average molecular weight is 392 g/mol. The van der Waals surface area contributed by atoms with Gasteiger partial charge < -0.3 is 10.5 Å². The Bertz CT molecular complexity index is 976. The first-order chi connectivity index (χ1) is 12.7. The third-order valence-corrected chi connectivity index (χ3v) is 5.01. The van der Waals surface area contributed by atoms with Crippen LogP contribution in [0, 0.1) is 5.82 Å². The van der Waals surface area contributed by atoms with Crippen LogP contribution in [0.15, 0.2) is 36.4 Å². The largest absolute Gasteiger partial charge is 0.480 e. The van der Waals surface area contributed by atoms with Gasteiger partial charge in [0.05, 0.1) is 11.9 Å². The second-order valence-electron chi connectivity index (χ2n) is 6.69. The molecule has 0 fully saturated rings. The number of primary amides is 1. The Kier molecular flexibility index (Phi) is 5.36. The number of hydrogen-bond donors (Lipinski definition) is 2. The van der Waals surface area contributed by atoms with Crippen molar-refractivity contribution in [1.82, 2.24) is 0 Å². The molecule has 1 atom stereocenters. The first-order valence-corrected chi connectivity index (χ1v) is 10.4. The molecule has 8 heteroatoms. The minimum absolute atomic E-state index is 0.0719. The number of nitrogens with one attached hydrogen (secondary N) is 1. The van der Waals surface area contributed by atoms with Crippen molar-refractivity contribution in [3.8, 4) is 5.75 Å². The quantitative estimate of drug-likeness (QED) is 0.754. The maximum Gasteiger partial charge on any atom is 0.258 e. The maximum atomic E-state index is 14.1. The minimum Gasteiger partial charge on any atom is -0.480 e. The van der Waals surface area contributed by atoms with Crippen LogP contribution in [0.2, 0.25) is 0 Å². The van der Waals surface area contributed by atoms with Gasteiger partial charge in [0.1, 0.15) is 11.6 Å². The van der Waals surface area contributed by atoms with Gasteiger partial charge in [-0.05, 0) is 60.2 Å². The number of ether oxygens (including phenoxy) is 1. The van der Waals surface area contributed by atoms with E-state index in [1.54, 1.807) is 6.07 Å². The van der Waals surface area contributed by atoms with Crippen molar-refractivity contribution < 1.29 is 22.3 Å². The zero-order valence-corrected chi connectivity index (χ0v) is 15.7. The fourth-order valence-corrected chi connectivity index (χ4v) is 3.73. The number of benzene rings is 2. The second-order valence-corrected chi connectivity index (χ2v) is 8.43. The van der Waals surface area contributed by atoms with E-state index in [-0.39, 0.29) is 12.1 Å². The molecule has 0 heterocycles. The number of sulfonamides is 1. The Labute approximate surface area is 157 Å². The number of nitrogens with two attached hydrogens (primary N) is 1. The molecule has 0 bridgehead atoms. The summed E-state index contributed by atoms with van der Waals surface area (Å²) in [6, 6.07) is 9.70. The van der Waals surface area contributed by atoms with Crippen LogP contribution >= 0.6 is 0 Å². The van der Waals surface area contributed by atoms with Crippen molar-refractivity contribution in [3.63, 3.8) is 0 Å². The summed E-state index contributed by atoms with van der Waals surface area (Å²) >= 11 is 0. The van der Waals surface area contributed by atoms with Crippen LogP contribution in [-0.4, -0.2) is 26.7 Å². The van der Waals surface area contributed by atoms with Crippen molar-refractivity contribution in [2.24, 2.45) is 5.73 Å².